The molecule has 2 fully saturated rings. The van der Waals surface area contributed by atoms with Crippen LogP contribution in [0.25, 0.3) is 0 Å². The molecule has 1 N–H and O–H groups in total. The summed E-state index contributed by atoms with van der Waals surface area (Å²) >= 11 is 1.46. The Hall–Kier alpha value is -0.963. The van der Waals surface area contributed by atoms with Crippen molar-refractivity contribution in [2.45, 2.75) is 56.5 Å². The van der Waals surface area contributed by atoms with Gasteiger partial charge in [0, 0.05) is 18.7 Å². The lowest BCUT2D eigenvalue weighted by atomic mass is 9.61. The predicted molar refractivity (Wildman–Crippen MR) is 107 cm³/mol. The molecule has 0 radical (unpaired) electrons. The number of ketones is 1. The van der Waals surface area contributed by atoms with E-state index in [1.807, 2.05) is 6.26 Å². The van der Waals surface area contributed by atoms with Crippen molar-refractivity contribution in [2.75, 3.05) is 19.1 Å². The molecule has 150 valence electrons. The van der Waals surface area contributed by atoms with Crippen molar-refractivity contribution < 1.29 is 23.9 Å². The van der Waals surface area contributed by atoms with Crippen molar-refractivity contribution in [2.24, 2.45) is 11.3 Å². The van der Waals surface area contributed by atoms with Crippen LogP contribution in [0.2, 0.25) is 18.1 Å². The number of thioether (sulfide) groups is 1. The molecule has 3 rings (SSSR count). The van der Waals surface area contributed by atoms with Crippen molar-refractivity contribution in [1.82, 2.24) is 4.90 Å². The number of carbonyl (C=O) groups excluding carboxylic acids is 3. The van der Waals surface area contributed by atoms with Gasteiger partial charge in [0.05, 0.1) is 0 Å². The number of imide groups is 1. The summed E-state index contributed by atoms with van der Waals surface area (Å²) in [5, 5.41) is 11.7. The SMILES string of the molecule is CSC[C@]1(O[Si](C)(C)C(C)(C)C)[C@@H]2C=CC(=O)[C@@]1(O)C1(C2)C(=O)N(C)C1=O. The lowest BCUT2D eigenvalue weighted by Crippen LogP contribution is -2.80. The fraction of sp³-hybridized carbons (Fsp3) is 0.737. The van der Waals surface area contributed by atoms with Crippen LogP contribution in [0.1, 0.15) is 27.2 Å². The van der Waals surface area contributed by atoms with Crippen LogP contribution in [0.4, 0.5) is 0 Å². The molecule has 0 aromatic heterocycles. The average molecular weight is 412 g/mol. The number of nitrogens with zero attached hydrogens (tertiary/aromatic N) is 1. The zero-order chi connectivity index (χ0) is 20.6. The zero-order valence-corrected chi connectivity index (χ0v) is 18.9. The van der Waals surface area contributed by atoms with Gasteiger partial charge in [-0.05, 0) is 36.9 Å². The Morgan fingerprint density at radius 2 is 1.85 bits per heavy atom. The quantitative estimate of drug-likeness (QED) is 0.433. The van der Waals surface area contributed by atoms with Crippen molar-refractivity contribution >= 4 is 37.7 Å². The van der Waals surface area contributed by atoms with Crippen LogP contribution >= 0.6 is 11.8 Å². The Morgan fingerprint density at radius 3 is 2.33 bits per heavy atom. The summed E-state index contributed by atoms with van der Waals surface area (Å²) in [7, 11) is -1.04. The first-order valence-electron chi connectivity index (χ1n) is 9.19. The van der Waals surface area contributed by atoms with Crippen molar-refractivity contribution in [3.8, 4) is 0 Å². The summed E-state index contributed by atoms with van der Waals surface area (Å²) < 4.78 is 6.77. The van der Waals surface area contributed by atoms with Crippen molar-refractivity contribution in [3.63, 3.8) is 0 Å². The summed E-state index contributed by atoms with van der Waals surface area (Å²) in [6.45, 7) is 10.4. The topological polar surface area (TPSA) is 83.9 Å². The van der Waals surface area contributed by atoms with E-state index in [0.29, 0.717) is 5.75 Å². The maximum Gasteiger partial charge on any atom is 0.248 e. The molecular weight excluding hydrogens is 382 g/mol. The number of aliphatic hydroxyl groups is 1. The monoisotopic (exact) mass is 411 g/mol. The Balaban J connectivity index is 2.23. The molecule has 1 saturated heterocycles. The number of carbonyl (C=O) groups is 3. The van der Waals surface area contributed by atoms with E-state index in [-0.39, 0.29) is 17.4 Å². The second-order valence-corrected chi connectivity index (χ2v) is 15.1. The first-order valence-corrected chi connectivity index (χ1v) is 13.5. The van der Waals surface area contributed by atoms with Crippen LogP contribution in [-0.2, 0) is 18.8 Å². The lowest BCUT2D eigenvalue weighted by Gasteiger charge is -2.56. The first kappa shape index (κ1) is 20.8. The third-order valence-corrected chi connectivity index (χ3v) is 12.3. The Morgan fingerprint density at radius 1 is 1.30 bits per heavy atom. The third kappa shape index (κ3) is 2.18. The summed E-state index contributed by atoms with van der Waals surface area (Å²) in [4.78, 5) is 39.8. The van der Waals surface area contributed by atoms with Crippen LogP contribution in [0.15, 0.2) is 12.2 Å². The molecule has 3 atom stereocenters. The van der Waals surface area contributed by atoms with Gasteiger partial charge in [0.15, 0.2) is 25.1 Å². The van der Waals surface area contributed by atoms with E-state index in [2.05, 4.69) is 33.9 Å². The number of β-lactam (4-membered cyclic amide) rings is 2. The Bertz CT molecular complexity index is 742. The minimum Gasteiger partial charge on any atom is -0.406 e. The molecule has 0 aromatic rings. The highest BCUT2D eigenvalue weighted by molar-refractivity contribution is 7.98. The summed E-state index contributed by atoms with van der Waals surface area (Å²) in [5.74, 6) is -1.61. The van der Waals surface area contributed by atoms with Crippen molar-refractivity contribution in [1.29, 1.82) is 0 Å². The van der Waals surface area contributed by atoms with E-state index in [9.17, 15) is 19.5 Å². The molecule has 0 aromatic carbocycles. The highest BCUT2D eigenvalue weighted by Gasteiger charge is 2.85. The molecule has 1 heterocycles. The number of fused-ring (bicyclic) bond motifs is 3. The number of rotatable bonds is 4. The van der Waals surface area contributed by atoms with Gasteiger partial charge in [-0.2, -0.15) is 11.8 Å². The van der Waals surface area contributed by atoms with E-state index < -0.39 is 42.5 Å². The van der Waals surface area contributed by atoms with Crippen LogP contribution < -0.4 is 0 Å². The van der Waals surface area contributed by atoms with E-state index >= 15 is 0 Å². The molecule has 6 nitrogen and oxygen atoms in total. The molecule has 1 saturated carbocycles. The van der Waals surface area contributed by atoms with E-state index in [1.165, 1.54) is 24.9 Å². The van der Waals surface area contributed by atoms with Crippen LogP contribution in [0.3, 0.4) is 0 Å². The van der Waals surface area contributed by atoms with Gasteiger partial charge in [0.2, 0.25) is 11.8 Å². The van der Waals surface area contributed by atoms with Crippen LogP contribution in [0.5, 0.6) is 0 Å². The highest BCUT2D eigenvalue weighted by atomic mass is 32.2. The number of amides is 2. The molecule has 8 heteroatoms. The molecule has 2 aliphatic carbocycles. The fourth-order valence-corrected chi connectivity index (χ4v) is 7.24. The fourth-order valence-electron chi connectivity index (χ4n) is 4.64. The molecule has 2 bridgehead atoms. The van der Waals surface area contributed by atoms with Gasteiger partial charge >= 0.3 is 0 Å². The summed E-state index contributed by atoms with van der Waals surface area (Å²) in [6, 6.07) is 0. The predicted octanol–water partition coefficient (Wildman–Crippen LogP) is 1.98. The standard InChI is InChI=1S/C19H29NO5SSi/c1-16(2,3)27(6,7)25-18(11-26-5)12-8-9-13(21)19(18,24)17(10-12)14(22)20(4)15(17)23/h8-9,12,24H,10-11H2,1-7H3/t12-,18+,19-/m1/s1. The minimum atomic E-state index is -2.43. The van der Waals surface area contributed by atoms with Gasteiger partial charge in [-0.3, -0.25) is 19.3 Å². The molecule has 1 aliphatic heterocycles. The van der Waals surface area contributed by atoms with Crippen LogP contribution in [-0.4, -0.2) is 66.2 Å². The Labute approximate surface area is 165 Å². The molecule has 1 spiro atoms. The Kier molecular flexibility index (Phi) is 4.44. The third-order valence-electron chi connectivity index (χ3n) is 7.13. The van der Waals surface area contributed by atoms with Gasteiger partial charge in [0.25, 0.3) is 0 Å². The molecule has 27 heavy (non-hydrogen) atoms. The van der Waals surface area contributed by atoms with Gasteiger partial charge in [-0.25, -0.2) is 0 Å². The van der Waals surface area contributed by atoms with E-state index in [1.54, 1.807) is 6.08 Å². The summed E-state index contributed by atoms with van der Waals surface area (Å²) in [6.07, 6.45) is 5.05. The molecule has 3 aliphatic rings. The van der Waals surface area contributed by atoms with Crippen LogP contribution in [0, 0.1) is 11.3 Å². The molecule has 2 amide bonds. The number of likely N-dealkylation sites (tertiary alicyclic amines) is 1. The second-order valence-electron chi connectivity index (χ2n) is 9.50. The maximum absolute atomic E-state index is 13.1. The second kappa shape index (κ2) is 5.78. The van der Waals surface area contributed by atoms with Gasteiger partial charge in [0.1, 0.15) is 5.60 Å². The molecule has 0 unspecified atom stereocenters. The zero-order valence-electron chi connectivity index (χ0n) is 17.1. The number of hydrogen-bond acceptors (Lipinski definition) is 6. The highest BCUT2D eigenvalue weighted by Crippen LogP contribution is 2.65. The average Bonchev–Trinajstić information content (AvgIpc) is 2.69. The van der Waals surface area contributed by atoms with E-state index in [0.717, 1.165) is 4.90 Å². The number of hydrogen-bond donors (Lipinski definition) is 1. The smallest absolute Gasteiger partial charge is 0.248 e. The van der Waals surface area contributed by atoms with Gasteiger partial charge < -0.3 is 9.53 Å². The largest absolute Gasteiger partial charge is 0.406 e. The van der Waals surface area contributed by atoms with Gasteiger partial charge in [-0.1, -0.05) is 26.8 Å². The maximum atomic E-state index is 13.1. The van der Waals surface area contributed by atoms with Crippen molar-refractivity contribution in [3.05, 3.63) is 12.2 Å². The summed E-state index contributed by atoms with van der Waals surface area (Å²) in [5.41, 5.74) is -5.18. The first-order chi connectivity index (χ1) is 12.2. The van der Waals surface area contributed by atoms with Gasteiger partial charge in [-0.15, -0.1) is 0 Å². The minimum absolute atomic E-state index is 0.114. The lowest BCUT2D eigenvalue weighted by molar-refractivity contribution is -0.210. The van der Waals surface area contributed by atoms with E-state index in [4.69, 9.17) is 4.43 Å². The normalized spacial score (nSPS) is 35.2. The molecular formula is C19H29NO5SSi.